The van der Waals surface area contributed by atoms with Crippen LogP contribution in [0.1, 0.15) is 5.56 Å². The summed E-state index contributed by atoms with van der Waals surface area (Å²) in [6.07, 6.45) is 4.52. The lowest BCUT2D eigenvalue weighted by molar-refractivity contribution is 0.251. The first-order chi connectivity index (χ1) is 9.29. The van der Waals surface area contributed by atoms with Gasteiger partial charge in [0.1, 0.15) is 5.75 Å². The summed E-state index contributed by atoms with van der Waals surface area (Å²) >= 11 is 0. The number of benzene rings is 1. The molecule has 6 nitrogen and oxygen atoms in total. The van der Waals surface area contributed by atoms with E-state index in [2.05, 4.69) is 20.6 Å². The fraction of sp³-hybridized carbons (Fsp3) is 0.154. The molecule has 0 aliphatic carbocycles. The molecule has 2 aromatic rings. The molecule has 1 heterocycles. The maximum Gasteiger partial charge on any atom is 0.320 e. The van der Waals surface area contributed by atoms with Gasteiger partial charge in [-0.3, -0.25) is 10.3 Å². The Morgan fingerprint density at radius 2 is 2.16 bits per heavy atom. The number of hydrogen-bond donors (Lipinski definition) is 2. The molecule has 6 heteroatoms. The molecule has 0 aliphatic heterocycles. The molecule has 2 N–H and O–H groups in total. The Bertz CT molecular complexity index is 545. The van der Waals surface area contributed by atoms with E-state index >= 15 is 0 Å². The topological polar surface area (TPSA) is 76.1 Å². The van der Waals surface area contributed by atoms with Crippen molar-refractivity contribution in [2.75, 3.05) is 12.4 Å². The van der Waals surface area contributed by atoms with Gasteiger partial charge in [-0.2, -0.15) is 0 Å². The van der Waals surface area contributed by atoms with E-state index < -0.39 is 0 Å². The average molecular weight is 258 g/mol. The summed E-state index contributed by atoms with van der Waals surface area (Å²) in [7, 11) is 1.60. The maximum atomic E-state index is 11.7. The van der Waals surface area contributed by atoms with Gasteiger partial charge in [0.25, 0.3) is 0 Å². The van der Waals surface area contributed by atoms with E-state index in [9.17, 15) is 4.79 Å². The molecular weight excluding hydrogens is 244 g/mol. The van der Waals surface area contributed by atoms with Crippen LogP contribution < -0.4 is 15.4 Å². The van der Waals surface area contributed by atoms with Crippen molar-refractivity contribution >= 4 is 11.8 Å². The van der Waals surface area contributed by atoms with E-state index in [1.807, 2.05) is 24.3 Å². The zero-order valence-corrected chi connectivity index (χ0v) is 10.5. The van der Waals surface area contributed by atoms with Gasteiger partial charge >= 0.3 is 6.03 Å². The number of aromatic nitrogens is 2. The Morgan fingerprint density at radius 1 is 1.32 bits per heavy atom. The van der Waals surface area contributed by atoms with Crippen LogP contribution >= 0.6 is 0 Å². The third kappa shape index (κ3) is 3.67. The van der Waals surface area contributed by atoms with Crippen LogP contribution in [0.25, 0.3) is 0 Å². The van der Waals surface area contributed by atoms with Gasteiger partial charge in [-0.1, -0.05) is 18.2 Å². The van der Waals surface area contributed by atoms with E-state index in [4.69, 9.17) is 4.74 Å². The molecule has 19 heavy (non-hydrogen) atoms. The highest BCUT2D eigenvalue weighted by Gasteiger charge is 2.05. The van der Waals surface area contributed by atoms with Crippen LogP contribution in [0.15, 0.2) is 42.9 Å². The molecular formula is C13H14N4O2. The lowest BCUT2D eigenvalue weighted by Gasteiger charge is -2.09. The Labute approximate surface area is 110 Å². The number of para-hydroxylation sites is 1. The molecule has 0 fully saturated rings. The minimum absolute atomic E-state index is 0.341. The Balaban J connectivity index is 1.90. The first-order valence-electron chi connectivity index (χ1n) is 5.72. The van der Waals surface area contributed by atoms with Crippen molar-refractivity contribution in [3.63, 3.8) is 0 Å². The molecule has 1 aromatic carbocycles. The number of nitrogens with one attached hydrogen (secondary N) is 2. The van der Waals surface area contributed by atoms with Gasteiger partial charge in [0, 0.05) is 24.5 Å². The van der Waals surface area contributed by atoms with Gasteiger partial charge in [0.15, 0.2) is 5.82 Å². The summed E-state index contributed by atoms with van der Waals surface area (Å²) in [5.41, 5.74) is 0.902. The average Bonchev–Trinajstić information content (AvgIpc) is 2.46. The number of hydrogen-bond acceptors (Lipinski definition) is 4. The second-order valence-electron chi connectivity index (χ2n) is 3.71. The molecule has 0 unspecified atom stereocenters. The predicted octanol–water partition coefficient (Wildman–Crippen LogP) is 1.81. The van der Waals surface area contributed by atoms with E-state index in [-0.39, 0.29) is 6.03 Å². The fourth-order valence-corrected chi connectivity index (χ4v) is 1.55. The van der Waals surface area contributed by atoms with E-state index in [0.29, 0.717) is 12.4 Å². The van der Waals surface area contributed by atoms with Crippen molar-refractivity contribution in [1.82, 2.24) is 15.3 Å². The molecule has 0 saturated carbocycles. The number of urea groups is 1. The third-order valence-corrected chi connectivity index (χ3v) is 2.44. The van der Waals surface area contributed by atoms with Crippen LogP contribution in [0, 0.1) is 0 Å². The lowest BCUT2D eigenvalue weighted by atomic mass is 10.2. The number of ether oxygens (including phenoxy) is 1. The normalized spacial score (nSPS) is 9.74. The standard InChI is InChI=1S/C13H14N4O2/c1-19-11-5-3-2-4-10(11)8-16-13(18)17-12-9-14-6-7-15-12/h2-7,9H,8H2,1H3,(H2,15,16,17,18). The SMILES string of the molecule is COc1ccccc1CNC(=O)Nc1cnccn1. The van der Waals surface area contributed by atoms with Crippen LogP contribution in [-0.4, -0.2) is 23.1 Å². The van der Waals surface area contributed by atoms with Gasteiger partial charge in [-0.05, 0) is 6.07 Å². The number of amides is 2. The van der Waals surface area contributed by atoms with Crippen molar-refractivity contribution in [2.45, 2.75) is 6.54 Å². The van der Waals surface area contributed by atoms with Crippen LogP contribution in [-0.2, 0) is 6.54 Å². The highest BCUT2D eigenvalue weighted by Crippen LogP contribution is 2.16. The molecule has 0 saturated heterocycles. The number of nitrogens with zero attached hydrogens (tertiary/aromatic N) is 2. The Hall–Kier alpha value is -2.63. The molecule has 2 rings (SSSR count). The highest BCUT2D eigenvalue weighted by molar-refractivity contribution is 5.87. The molecule has 1 aromatic heterocycles. The number of rotatable bonds is 4. The summed E-state index contributed by atoms with van der Waals surface area (Å²) in [4.78, 5) is 19.5. The van der Waals surface area contributed by atoms with Crippen molar-refractivity contribution < 1.29 is 9.53 Å². The lowest BCUT2D eigenvalue weighted by Crippen LogP contribution is -2.28. The summed E-state index contributed by atoms with van der Waals surface area (Å²) in [5.74, 6) is 1.14. The second-order valence-corrected chi connectivity index (χ2v) is 3.71. The van der Waals surface area contributed by atoms with Crippen LogP contribution in [0.4, 0.5) is 10.6 Å². The zero-order chi connectivity index (χ0) is 13.5. The molecule has 0 aliphatic rings. The summed E-state index contributed by atoms with van der Waals surface area (Å²) in [5, 5.41) is 5.31. The van der Waals surface area contributed by atoms with Gasteiger partial charge in [0.2, 0.25) is 0 Å². The largest absolute Gasteiger partial charge is 0.496 e. The Morgan fingerprint density at radius 3 is 2.89 bits per heavy atom. The molecule has 2 amide bonds. The van der Waals surface area contributed by atoms with E-state index in [1.54, 1.807) is 7.11 Å². The number of carbonyl (C=O) groups is 1. The smallest absolute Gasteiger partial charge is 0.320 e. The van der Waals surface area contributed by atoms with Gasteiger partial charge in [-0.15, -0.1) is 0 Å². The first kappa shape index (κ1) is 12.8. The molecule has 0 atom stereocenters. The monoisotopic (exact) mass is 258 g/mol. The second kappa shape index (κ2) is 6.34. The van der Waals surface area contributed by atoms with E-state index in [1.165, 1.54) is 18.6 Å². The van der Waals surface area contributed by atoms with Gasteiger partial charge in [-0.25, -0.2) is 9.78 Å². The third-order valence-electron chi connectivity index (χ3n) is 2.44. The summed E-state index contributed by atoms with van der Waals surface area (Å²) in [6.45, 7) is 0.371. The Kier molecular flexibility index (Phi) is 4.28. The van der Waals surface area contributed by atoms with Crippen LogP contribution in [0.2, 0.25) is 0 Å². The summed E-state index contributed by atoms with van der Waals surface area (Å²) < 4.78 is 5.20. The molecule has 0 bridgehead atoms. The number of anilines is 1. The van der Waals surface area contributed by atoms with Crippen LogP contribution in [0.5, 0.6) is 5.75 Å². The molecule has 0 spiro atoms. The fourth-order valence-electron chi connectivity index (χ4n) is 1.55. The van der Waals surface area contributed by atoms with Crippen molar-refractivity contribution in [1.29, 1.82) is 0 Å². The van der Waals surface area contributed by atoms with Crippen LogP contribution in [0.3, 0.4) is 0 Å². The van der Waals surface area contributed by atoms with Crippen molar-refractivity contribution in [3.05, 3.63) is 48.4 Å². The van der Waals surface area contributed by atoms with Crippen molar-refractivity contribution in [3.8, 4) is 5.75 Å². The van der Waals surface area contributed by atoms with Gasteiger partial charge in [0.05, 0.1) is 13.3 Å². The highest BCUT2D eigenvalue weighted by atomic mass is 16.5. The minimum atomic E-state index is -0.341. The minimum Gasteiger partial charge on any atom is -0.496 e. The molecule has 98 valence electrons. The quantitative estimate of drug-likeness (QED) is 0.876. The molecule has 0 radical (unpaired) electrons. The maximum absolute atomic E-state index is 11.7. The van der Waals surface area contributed by atoms with Gasteiger partial charge < -0.3 is 10.1 Å². The first-order valence-corrected chi connectivity index (χ1v) is 5.72. The number of methoxy groups -OCH3 is 1. The number of carbonyl (C=O) groups excluding carboxylic acids is 1. The van der Waals surface area contributed by atoms with E-state index in [0.717, 1.165) is 11.3 Å². The zero-order valence-electron chi connectivity index (χ0n) is 10.5. The summed E-state index contributed by atoms with van der Waals surface area (Å²) in [6, 6.07) is 7.16. The predicted molar refractivity (Wildman–Crippen MR) is 70.9 cm³/mol. The van der Waals surface area contributed by atoms with Crippen molar-refractivity contribution in [2.24, 2.45) is 0 Å².